The summed E-state index contributed by atoms with van der Waals surface area (Å²) in [6.45, 7) is 5.41. The van der Waals surface area contributed by atoms with Gasteiger partial charge in [0.1, 0.15) is 0 Å². The second-order valence-corrected chi connectivity index (χ2v) is 6.57. The van der Waals surface area contributed by atoms with Gasteiger partial charge in [-0.15, -0.1) is 6.20 Å². The number of aromatic amines is 1. The van der Waals surface area contributed by atoms with Crippen molar-refractivity contribution >= 4 is 11.6 Å². The van der Waals surface area contributed by atoms with Crippen LogP contribution in [-0.4, -0.2) is 21.1 Å². The molecule has 0 bridgehead atoms. The third-order valence-electron chi connectivity index (χ3n) is 4.18. The summed E-state index contributed by atoms with van der Waals surface area (Å²) >= 11 is 0. The molecule has 0 spiro atoms. The van der Waals surface area contributed by atoms with Gasteiger partial charge in [0.25, 0.3) is 5.91 Å². The van der Waals surface area contributed by atoms with Crippen LogP contribution >= 0.6 is 0 Å². The molecule has 3 rings (SSSR count). The molecule has 0 saturated carbocycles. The van der Waals surface area contributed by atoms with Crippen molar-refractivity contribution in [1.82, 2.24) is 20.5 Å². The summed E-state index contributed by atoms with van der Waals surface area (Å²) in [6.07, 6.45) is 5.66. The third kappa shape index (κ3) is 6.75. The van der Waals surface area contributed by atoms with Gasteiger partial charge >= 0.3 is 51.4 Å². The second-order valence-electron chi connectivity index (χ2n) is 6.57. The molecule has 3 aromatic rings. The predicted molar refractivity (Wildman–Crippen MR) is 107 cm³/mol. The number of halogens is 1. The molecule has 0 aliphatic heterocycles. The summed E-state index contributed by atoms with van der Waals surface area (Å²) in [5.41, 5.74) is 3.72. The van der Waals surface area contributed by atoms with Crippen molar-refractivity contribution in [2.24, 2.45) is 4.99 Å². The quantitative estimate of drug-likeness (QED) is 0.223. The van der Waals surface area contributed by atoms with Crippen LogP contribution in [0.2, 0.25) is 0 Å². The van der Waals surface area contributed by atoms with Crippen LogP contribution in [0.3, 0.4) is 0 Å². The Balaban J connectivity index is 0.00000320. The molecule has 2 aromatic heterocycles. The maximum absolute atomic E-state index is 13.3. The van der Waals surface area contributed by atoms with Gasteiger partial charge in [-0.3, -0.25) is 16.0 Å². The Kier molecular flexibility index (Phi) is 9.19. The number of carbonyl (C=O) groups excluding carboxylic acids is 1. The van der Waals surface area contributed by atoms with E-state index in [0.717, 1.165) is 11.3 Å². The number of hydrogen-bond donors (Lipinski definition) is 3. The molecule has 1 amide bonds. The summed E-state index contributed by atoms with van der Waals surface area (Å²) in [4.78, 5) is 20.2. The summed E-state index contributed by atoms with van der Waals surface area (Å²) < 4.78 is 13.3. The minimum absolute atomic E-state index is 0. The fourth-order valence-corrected chi connectivity index (χ4v) is 2.59. The normalized spacial score (nSPS) is 12.5. The Morgan fingerprint density at radius 1 is 1.37 bits per heavy atom. The van der Waals surface area contributed by atoms with Crippen LogP contribution in [-0.2, 0) is 0 Å². The van der Waals surface area contributed by atoms with Crippen LogP contribution in [0.15, 0.2) is 53.8 Å². The molecule has 0 radical (unpaired) electrons. The van der Waals surface area contributed by atoms with E-state index in [1.165, 1.54) is 18.5 Å². The van der Waals surface area contributed by atoms with Gasteiger partial charge in [0.2, 0.25) is 5.95 Å². The van der Waals surface area contributed by atoms with Gasteiger partial charge in [-0.1, -0.05) is 24.8 Å². The number of nitrogens with one attached hydrogen (secondary N) is 3. The first kappa shape index (κ1) is 24.2. The fourth-order valence-electron chi connectivity index (χ4n) is 2.59. The van der Waals surface area contributed by atoms with Crippen molar-refractivity contribution in [3.63, 3.8) is 0 Å². The number of aryl methyl sites for hydroxylation is 2. The Morgan fingerprint density at radius 2 is 2.17 bits per heavy atom. The average molecular weight is 432 g/mol. The van der Waals surface area contributed by atoms with E-state index in [1.807, 2.05) is 38.1 Å². The third-order valence-corrected chi connectivity index (χ3v) is 4.18. The van der Waals surface area contributed by atoms with Gasteiger partial charge in [0.15, 0.2) is 0 Å². The number of aromatic nitrogens is 3. The summed E-state index contributed by atoms with van der Waals surface area (Å²) in [5, 5.41) is 12.7. The number of rotatable bonds is 6. The maximum atomic E-state index is 13.3. The second kappa shape index (κ2) is 11.4. The van der Waals surface area contributed by atoms with E-state index in [4.69, 9.17) is 0 Å². The fraction of sp³-hybridized carbons (Fsp3) is 0.190. The molecule has 2 heterocycles. The van der Waals surface area contributed by atoms with Crippen molar-refractivity contribution in [2.75, 3.05) is 5.32 Å². The predicted octanol–water partition coefficient (Wildman–Crippen LogP) is 0.0617. The summed E-state index contributed by atoms with van der Waals surface area (Å²) in [6, 6.07) is 10.7. The van der Waals surface area contributed by atoms with Gasteiger partial charge in [-0.25, -0.2) is 10.1 Å². The first-order chi connectivity index (χ1) is 13.9. The number of benzene rings is 1. The molecule has 0 aliphatic carbocycles. The number of nitrogens with zero attached hydrogens (tertiary/aromatic N) is 3. The van der Waals surface area contributed by atoms with Gasteiger partial charge in [0, 0.05) is 23.5 Å². The average Bonchev–Trinajstić information content (AvgIpc) is 3.12. The molecule has 0 fully saturated rings. The van der Waals surface area contributed by atoms with Gasteiger partial charge in [-0.2, -0.15) is 4.39 Å². The first-order valence-corrected chi connectivity index (χ1v) is 9.01. The molecular formula is C21H21FKN6O-. The molecule has 0 saturated heterocycles. The number of anilines is 1. The molecule has 1 unspecified atom stereocenters. The van der Waals surface area contributed by atoms with Crippen LogP contribution in [0, 0.1) is 26.0 Å². The zero-order valence-electron chi connectivity index (χ0n) is 17.3. The van der Waals surface area contributed by atoms with E-state index in [9.17, 15) is 9.18 Å². The molecule has 7 nitrogen and oxygen atoms in total. The van der Waals surface area contributed by atoms with Crippen LogP contribution in [0.4, 0.5) is 10.1 Å². The van der Waals surface area contributed by atoms with Crippen molar-refractivity contribution in [2.45, 2.75) is 26.8 Å². The van der Waals surface area contributed by atoms with Crippen molar-refractivity contribution in [1.29, 1.82) is 0 Å². The topological polar surface area (TPSA) is 95.1 Å². The molecule has 3 N–H and O–H groups in total. The number of H-pyrrole nitrogens is 1. The van der Waals surface area contributed by atoms with E-state index >= 15 is 0 Å². The Morgan fingerprint density at radius 3 is 2.87 bits per heavy atom. The zero-order valence-corrected chi connectivity index (χ0v) is 20.4. The molecule has 30 heavy (non-hydrogen) atoms. The molecule has 150 valence electrons. The Bertz CT molecular complexity index is 1100. The summed E-state index contributed by atoms with van der Waals surface area (Å²) in [7, 11) is 0. The van der Waals surface area contributed by atoms with Crippen LogP contribution in [0.5, 0.6) is 0 Å². The smallest absolute Gasteiger partial charge is 0.560 e. The number of carbonyl (C=O) groups is 1. The number of pyridine rings is 1. The van der Waals surface area contributed by atoms with Crippen molar-refractivity contribution in [3.05, 3.63) is 88.8 Å². The monoisotopic (exact) mass is 431 g/mol. The molecule has 0 aliphatic rings. The van der Waals surface area contributed by atoms with E-state index < -0.39 is 5.95 Å². The van der Waals surface area contributed by atoms with Crippen LogP contribution in [0.1, 0.15) is 40.1 Å². The van der Waals surface area contributed by atoms with Crippen molar-refractivity contribution in [3.8, 4) is 0 Å². The molecule has 1 atom stereocenters. The van der Waals surface area contributed by atoms with Crippen molar-refractivity contribution < 1.29 is 60.6 Å². The molecule has 9 heteroatoms. The van der Waals surface area contributed by atoms with Gasteiger partial charge < -0.3 is 21.8 Å². The molecular weight excluding hydrogens is 410 g/mol. The first-order valence-electron chi connectivity index (χ1n) is 9.01. The van der Waals surface area contributed by atoms with E-state index in [-0.39, 0.29) is 63.3 Å². The van der Waals surface area contributed by atoms with Crippen LogP contribution in [0.25, 0.3) is 0 Å². The maximum Gasteiger partial charge on any atom is 1.00 e. The standard InChI is InChI=1S/C21H21FN6O.K/c1-13-9-17(12-25-20(13)22)21(29)26-18-6-4-5-16(11-18)15(3)23-7-8-24-19-10-14(2)27-28-19;/h4-6,8-12,15,23H,1-3H3,(H,24,28)(H,26,29);/q-2;+1. The van der Waals surface area contributed by atoms with Gasteiger partial charge in [0.05, 0.1) is 5.56 Å². The number of hydrogen-bond acceptors (Lipinski definition) is 5. The number of amides is 1. The molecule has 1 aromatic carbocycles. The zero-order chi connectivity index (χ0) is 20.8. The summed E-state index contributed by atoms with van der Waals surface area (Å²) in [5.74, 6) is -0.930. The SMILES string of the molecule is Cc1[cH-]c(=NC=[C-]NC(C)c2cccc(NC(=O)c3cnc(F)c(C)c3)c2)[nH]n1.[K+]. The van der Waals surface area contributed by atoms with E-state index in [2.05, 4.69) is 37.0 Å². The van der Waals surface area contributed by atoms with Gasteiger partial charge in [-0.05, 0) is 43.1 Å². The van der Waals surface area contributed by atoms with Crippen LogP contribution < -0.4 is 67.5 Å². The Hall–Kier alpha value is -2.04. The largest absolute Gasteiger partial charge is 1.00 e. The van der Waals surface area contributed by atoms with E-state index in [1.54, 1.807) is 13.0 Å². The Labute approximate surface area is 216 Å². The van der Waals surface area contributed by atoms with E-state index in [0.29, 0.717) is 22.3 Å². The minimum atomic E-state index is -0.581. The minimum Gasteiger partial charge on any atom is -0.560 e.